The van der Waals surface area contributed by atoms with E-state index in [1.54, 1.807) is 40.8 Å². The number of nitrogens with zero attached hydrogens (tertiary/aromatic N) is 3. The number of amides is 3. The smallest absolute Gasteiger partial charge is 0.322 e. The Morgan fingerprint density at radius 3 is 2.38 bits per heavy atom. The zero-order chi connectivity index (χ0) is 25.6. The molecule has 0 aliphatic carbocycles. The number of para-hydroxylation sites is 1. The van der Waals surface area contributed by atoms with Crippen LogP contribution in [0.5, 0.6) is 11.6 Å². The van der Waals surface area contributed by atoms with E-state index in [1.807, 2.05) is 66.7 Å². The molecule has 0 spiro atoms. The minimum atomic E-state index is -1.55. The molecule has 0 saturated carbocycles. The normalized spacial score (nSPS) is 17.1. The molecule has 5 aromatic rings. The molecule has 1 aliphatic heterocycles. The van der Waals surface area contributed by atoms with E-state index in [0.717, 1.165) is 16.6 Å². The molecule has 2 aromatic heterocycles. The molecule has 1 saturated heterocycles. The van der Waals surface area contributed by atoms with Gasteiger partial charge in [-0.25, -0.2) is 9.48 Å². The Labute approximate surface area is 211 Å². The quantitative estimate of drug-likeness (QED) is 0.310. The fourth-order valence-corrected chi connectivity index (χ4v) is 4.79. The molecule has 1 atom stereocenters. The van der Waals surface area contributed by atoms with E-state index < -0.39 is 17.5 Å². The van der Waals surface area contributed by atoms with E-state index in [9.17, 15) is 14.7 Å². The molecule has 3 heterocycles. The molecule has 3 N–H and O–H groups in total. The summed E-state index contributed by atoms with van der Waals surface area (Å²) in [5.74, 6) is 0.0112. The summed E-state index contributed by atoms with van der Waals surface area (Å²) in [6.45, 7) is -0.0693. The third-order valence-corrected chi connectivity index (χ3v) is 6.63. The number of rotatable bonds is 6. The van der Waals surface area contributed by atoms with Gasteiger partial charge in [0.2, 0.25) is 0 Å². The summed E-state index contributed by atoms with van der Waals surface area (Å²) >= 11 is 0. The average Bonchev–Trinajstić information content (AvgIpc) is 3.59. The molecule has 184 valence electrons. The van der Waals surface area contributed by atoms with Crippen molar-refractivity contribution in [3.05, 3.63) is 96.8 Å². The van der Waals surface area contributed by atoms with Gasteiger partial charge in [-0.05, 0) is 36.4 Å². The van der Waals surface area contributed by atoms with Crippen LogP contribution in [-0.2, 0) is 16.9 Å². The van der Waals surface area contributed by atoms with E-state index >= 15 is 0 Å². The molecule has 3 amide bonds. The molecule has 0 unspecified atom stereocenters. The van der Waals surface area contributed by atoms with E-state index in [0.29, 0.717) is 22.5 Å². The predicted molar refractivity (Wildman–Crippen MR) is 138 cm³/mol. The van der Waals surface area contributed by atoms with Gasteiger partial charge >= 0.3 is 6.03 Å². The Hall–Kier alpha value is -5.05. The lowest BCUT2D eigenvalue weighted by Gasteiger charge is -2.27. The molecule has 9 nitrogen and oxygen atoms in total. The average molecular weight is 494 g/mol. The zero-order valence-corrected chi connectivity index (χ0v) is 19.9. The maximum absolute atomic E-state index is 13.5. The van der Waals surface area contributed by atoms with Crippen LogP contribution in [-0.4, -0.2) is 38.5 Å². The number of methoxy groups -OCH3 is 1. The van der Waals surface area contributed by atoms with Gasteiger partial charge in [-0.15, -0.1) is 0 Å². The lowest BCUT2D eigenvalue weighted by molar-refractivity contribution is -0.125. The van der Waals surface area contributed by atoms with Gasteiger partial charge in [-0.3, -0.25) is 10.1 Å². The summed E-state index contributed by atoms with van der Waals surface area (Å²) in [5.41, 5.74) is 1.12. The van der Waals surface area contributed by atoms with Gasteiger partial charge in [0.1, 0.15) is 5.75 Å². The first-order valence-corrected chi connectivity index (χ1v) is 11.7. The van der Waals surface area contributed by atoms with Crippen LogP contribution in [0, 0.1) is 0 Å². The molecule has 0 radical (unpaired) electrons. The largest absolute Gasteiger partial charge is 0.497 e. The van der Waals surface area contributed by atoms with Gasteiger partial charge in [0.15, 0.2) is 11.4 Å². The highest BCUT2D eigenvalue weighted by Crippen LogP contribution is 2.37. The van der Waals surface area contributed by atoms with Crippen molar-refractivity contribution in [2.24, 2.45) is 0 Å². The minimum absolute atomic E-state index is 0.0451. The zero-order valence-electron chi connectivity index (χ0n) is 19.9. The van der Waals surface area contributed by atoms with Crippen LogP contribution in [0.1, 0.15) is 5.69 Å². The number of ether oxygens (including phenoxy) is 1. The van der Waals surface area contributed by atoms with E-state index in [-0.39, 0.29) is 12.4 Å². The summed E-state index contributed by atoms with van der Waals surface area (Å²) in [6.07, 6.45) is 1.74. The topological polar surface area (TPSA) is 110 Å². The number of aromatic hydroxyl groups is 1. The molecule has 37 heavy (non-hydrogen) atoms. The summed E-state index contributed by atoms with van der Waals surface area (Å²) in [7, 11) is 1.55. The van der Waals surface area contributed by atoms with E-state index in [4.69, 9.17) is 9.84 Å². The van der Waals surface area contributed by atoms with E-state index in [2.05, 4.69) is 10.6 Å². The predicted octanol–water partition coefficient (Wildman–Crippen LogP) is 3.94. The van der Waals surface area contributed by atoms with Crippen LogP contribution in [0.2, 0.25) is 0 Å². The Morgan fingerprint density at radius 2 is 1.70 bits per heavy atom. The number of urea groups is 1. The van der Waals surface area contributed by atoms with Crippen molar-refractivity contribution in [3.63, 3.8) is 0 Å². The van der Waals surface area contributed by atoms with Crippen LogP contribution >= 0.6 is 0 Å². The van der Waals surface area contributed by atoms with Crippen molar-refractivity contribution >= 4 is 22.7 Å². The molecule has 1 aliphatic rings. The second-order valence-corrected chi connectivity index (χ2v) is 8.88. The molecule has 6 rings (SSSR count). The van der Waals surface area contributed by atoms with Crippen molar-refractivity contribution in [1.29, 1.82) is 0 Å². The lowest BCUT2D eigenvalue weighted by atomic mass is 9.93. The second-order valence-electron chi connectivity index (χ2n) is 8.88. The molecular weight excluding hydrogens is 470 g/mol. The van der Waals surface area contributed by atoms with Crippen LogP contribution in [0.4, 0.5) is 4.79 Å². The van der Waals surface area contributed by atoms with Gasteiger partial charge in [0.25, 0.3) is 5.91 Å². The molecule has 0 bridgehead atoms. The SMILES string of the molecule is COc1ccc2cn(C[C@]3(c4cc(-c5ccccc5)nn4-c4ccccc4)NC(=O)NC3=O)c(O)c2c1. The minimum Gasteiger partial charge on any atom is -0.497 e. The highest BCUT2D eigenvalue weighted by Gasteiger charge is 2.51. The highest BCUT2D eigenvalue weighted by molar-refractivity contribution is 6.07. The van der Waals surface area contributed by atoms with Crippen molar-refractivity contribution < 1.29 is 19.4 Å². The van der Waals surface area contributed by atoms with Crippen LogP contribution in [0.25, 0.3) is 27.7 Å². The Balaban J connectivity index is 1.55. The van der Waals surface area contributed by atoms with Crippen molar-refractivity contribution in [2.45, 2.75) is 12.1 Å². The first kappa shape index (κ1) is 22.4. The summed E-state index contributed by atoms with van der Waals surface area (Å²) < 4.78 is 8.52. The number of imide groups is 1. The molecule has 1 fully saturated rings. The first-order valence-electron chi connectivity index (χ1n) is 11.7. The van der Waals surface area contributed by atoms with Crippen LogP contribution < -0.4 is 15.4 Å². The third-order valence-electron chi connectivity index (χ3n) is 6.63. The fraction of sp³-hybridized carbons (Fsp3) is 0.107. The maximum atomic E-state index is 13.5. The van der Waals surface area contributed by atoms with Crippen molar-refractivity contribution in [3.8, 4) is 28.6 Å². The van der Waals surface area contributed by atoms with Crippen molar-refractivity contribution in [2.75, 3.05) is 7.11 Å². The molecule has 3 aromatic carbocycles. The monoisotopic (exact) mass is 493 g/mol. The van der Waals surface area contributed by atoms with Crippen LogP contribution in [0.3, 0.4) is 0 Å². The number of aromatic nitrogens is 3. The Morgan fingerprint density at radius 1 is 0.973 bits per heavy atom. The van der Waals surface area contributed by atoms with Gasteiger partial charge in [-0.1, -0.05) is 48.5 Å². The Kier molecular flexibility index (Phi) is 5.19. The number of fused-ring (bicyclic) bond motifs is 1. The van der Waals surface area contributed by atoms with Gasteiger partial charge < -0.3 is 19.7 Å². The highest BCUT2D eigenvalue weighted by atomic mass is 16.5. The van der Waals surface area contributed by atoms with Crippen LogP contribution in [0.15, 0.2) is 91.1 Å². The summed E-state index contributed by atoms with van der Waals surface area (Å²) in [5, 5.41) is 22.5. The number of nitrogens with one attached hydrogen (secondary N) is 2. The summed E-state index contributed by atoms with van der Waals surface area (Å²) in [6, 6.07) is 25.5. The third kappa shape index (κ3) is 3.68. The molecule has 9 heteroatoms. The second kappa shape index (κ2) is 8.56. The maximum Gasteiger partial charge on any atom is 0.322 e. The summed E-state index contributed by atoms with van der Waals surface area (Å²) in [4.78, 5) is 26.1. The molecular formula is C28H23N5O4. The fourth-order valence-electron chi connectivity index (χ4n) is 4.79. The first-order chi connectivity index (χ1) is 18.0. The number of hydrogen-bond acceptors (Lipinski definition) is 5. The van der Waals surface area contributed by atoms with Gasteiger partial charge in [0.05, 0.1) is 30.7 Å². The standard InChI is InChI=1S/C28H23N5O4/c1-37-21-13-12-19-16-32(25(34)22(19)14-21)17-28(26(35)29-27(36)30-28)24-15-23(18-8-4-2-5-9-18)31-33(24)20-10-6-3-7-11-20/h2-16,34H,17H2,1H3,(H2,29,30,35,36)/t28-/m1/s1. The van der Waals surface area contributed by atoms with Crippen molar-refractivity contribution in [1.82, 2.24) is 25.0 Å². The van der Waals surface area contributed by atoms with E-state index in [1.165, 1.54) is 0 Å². The number of carbonyl (C=O) groups is 2. The number of hydrogen-bond donors (Lipinski definition) is 3. The lowest BCUT2D eigenvalue weighted by Crippen LogP contribution is -2.48. The number of carbonyl (C=O) groups excluding carboxylic acids is 2. The Bertz CT molecular complexity index is 1640. The van der Waals surface area contributed by atoms with Gasteiger partial charge in [-0.2, -0.15) is 5.10 Å². The van der Waals surface area contributed by atoms with Gasteiger partial charge in [0, 0.05) is 22.5 Å². The number of benzene rings is 3.